The Kier molecular flexibility index (Phi) is 1.02. The molecule has 1 rings (SSSR count). The molecule has 2 unspecified atom stereocenters. The van der Waals surface area contributed by atoms with E-state index < -0.39 is 12.8 Å². The van der Waals surface area contributed by atoms with Crippen LogP contribution in [-0.2, 0) is 9.53 Å². The van der Waals surface area contributed by atoms with Gasteiger partial charge < -0.3 is 4.74 Å². The number of hydrogen-bond donors (Lipinski definition) is 0. The summed E-state index contributed by atoms with van der Waals surface area (Å²) in [5.74, 6) is -1.38. The number of carbonyl (C=O) groups is 1. The third kappa shape index (κ3) is 1.30. The van der Waals surface area contributed by atoms with E-state index in [-0.39, 0.29) is 18.3 Å². The average Bonchev–Trinajstić information content (AvgIpc) is 1.92. The summed E-state index contributed by atoms with van der Waals surface area (Å²) in [5, 5.41) is 0. The summed E-state index contributed by atoms with van der Waals surface area (Å²) in [4.78, 5) is 11.3. The Labute approximate surface area is 59.4 Å². The van der Waals surface area contributed by atoms with Crippen LogP contribution in [0.1, 0.15) is 17.9 Å². The zero-order chi connectivity index (χ0) is 9.35. The van der Waals surface area contributed by atoms with Gasteiger partial charge in [0.1, 0.15) is 5.78 Å². The first-order valence-corrected chi connectivity index (χ1v) is 3.04. The minimum Gasteiger partial charge on any atom is -0.380 e. The Morgan fingerprint density at radius 1 is 1.67 bits per heavy atom. The summed E-state index contributed by atoms with van der Waals surface area (Å²) in [6.07, 6.45) is 0. The summed E-state index contributed by atoms with van der Waals surface area (Å²) in [5.41, 5.74) is 0. The van der Waals surface area contributed by atoms with Crippen LogP contribution in [0.2, 0.25) is 0 Å². The van der Waals surface area contributed by atoms with Gasteiger partial charge in [-0.25, -0.2) is 0 Å². The maximum atomic E-state index is 11.3. The Morgan fingerprint density at radius 2 is 2.33 bits per heavy atom. The van der Waals surface area contributed by atoms with E-state index in [1.807, 2.05) is 0 Å². The second-order valence-electron chi connectivity index (χ2n) is 2.39. The number of hydrogen-bond acceptors (Lipinski definition) is 2. The van der Waals surface area contributed by atoms with Crippen LogP contribution in [0, 0.1) is 11.8 Å². The highest BCUT2D eigenvalue weighted by Gasteiger charge is 2.24. The van der Waals surface area contributed by atoms with Gasteiger partial charge in [0.15, 0.2) is 0 Å². The maximum Gasteiger partial charge on any atom is 0.143 e. The minimum atomic E-state index is -2.20. The molecule has 0 aromatic heterocycles. The van der Waals surface area contributed by atoms with Gasteiger partial charge in [-0.3, -0.25) is 4.79 Å². The Balaban J connectivity index is 2.71. The lowest BCUT2D eigenvalue weighted by Gasteiger charge is -2.22. The van der Waals surface area contributed by atoms with Crippen LogP contribution in [0.3, 0.4) is 0 Å². The first-order chi connectivity index (χ1) is 5.43. The monoisotopic (exact) mass is 131 g/mol. The molecule has 0 aliphatic carbocycles. The van der Waals surface area contributed by atoms with Crippen molar-refractivity contribution < 1.29 is 13.6 Å². The average molecular weight is 131 g/mol. The molecule has 0 N–H and O–H groups in total. The predicted molar refractivity (Wildman–Crippen MR) is 34.2 cm³/mol. The number of carbonyl (C=O) groups excluding carboxylic acids is 1. The zero-order valence-electron chi connectivity index (χ0n) is 8.39. The predicted octanol–water partition coefficient (Wildman–Crippen LogP) is 0.858. The molecule has 1 aliphatic rings. The van der Waals surface area contributed by atoms with Gasteiger partial charge in [0.05, 0.1) is 13.2 Å². The molecule has 2 nitrogen and oxygen atoms in total. The second kappa shape index (κ2) is 2.48. The number of Topliss-reactive ketones (excluding diaryl/α,β-unsaturated/α-hetero) is 1. The fourth-order valence-corrected chi connectivity index (χ4v) is 0.870. The van der Waals surface area contributed by atoms with Crippen molar-refractivity contribution in [3.8, 4) is 0 Å². The van der Waals surface area contributed by atoms with Crippen LogP contribution < -0.4 is 0 Å². The molecule has 0 spiro atoms. The molecular weight excluding hydrogens is 116 g/mol. The van der Waals surface area contributed by atoms with E-state index in [9.17, 15) is 4.79 Å². The Bertz CT molecular complexity index is 188. The van der Waals surface area contributed by atoms with E-state index in [0.29, 0.717) is 6.61 Å². The van der Waals surface area contributed by atoms with E-state index in [0.717, 1.165) is 0 Å². The van der Waals surface area contributed by atoms with Crippen molar-refractivity contribution in [2.24, 2.45) is 11.8 Å². The Morgan fingerprint density at radius 3 is 2.89 bits per heavy atom. The molecule has 1 heterocycles. The highest BCUT2D eigenvalue weighted by molar-refractivity contribution is 5.83. The molecule has 1 fully saturated rings. The molecule has 1 saturated heterocycles. The van der Waals surface area contributed by atoms with Crippen molar-refractivity contribution in [1.29, 1.82) is 0 Å². The van der Waals surface area contributed by atoms with Crippen molar-refractivity contribution in [1.82, 2.24) is 0 Å². The quantitative estimate of drug-likeness (QED) is 0.487. The van der Waals surface area contributed by atoms with Gasteiger partial charge in [0.2, 0.25) is 0 Å². The zero-order valence-corrected chi connectivity index (χ0v) is 5.39. The van der Waals surface area contributed by atoms with Crippen molar-refractivity contribution in [3.05, 3.63) is 0 Å². The molecule has 52 valence electrons. The molecule has 0 aromatic carbocycles. The SMILES string of the molecule is [2H]C([2H])([2H])C1COCC(C)C1=O. The van der Waals surface area contributed by atoms with Gasteiger partial charge in [-0.15, -0.1) is 0 Å². The van der Waals surface area contributed by atoms with Gasteiger partial charge in [-0.2, -0.15) is 0 Å². The first-order valence-electron chi connectivity index (χ1n) is 4.54. The smallest absolute Gasteiger partial charge is 0.143 e. The summed E-state index contributed by atoms with van der Waals surface area (Å²) in [6, 6.07) is 0. The normalized spacial score (nSPS) is 43.2. The van der Waals surface area contributed by atoms with Gasteiger partial charge in [-0.05, 0) is 0 Å². The molecule has 0 aromatic rings. The molecule has 9 heavy (non-hydrogen) atoms. The van der Waals surface area contributed by atoms with Crippen molar-refractivity contribution in [2.45, 2.75) is 13.8 Å². The minimum absolute atomic E-state index is 0.0413. The second-order valence-corrected chi connectivity index (χ2v) is 2.39. The van der Waals surface area contributed by atoms with E-state index in [4.69, 9.17) is 8.85 Å². The van der Waals surface area contributed by atoms with E-state index in [1.54, 1.807) is 6.92 Å². The van der Waals surface area contributed by atoms with Gasteiger partial charge in [0.25, 0.3) is 0 Å². The van der Waals surface area contributed by atoms with E-state index in [2.05, 4.69) is 0 Å². The maximum absolute atomic E-state index is 11.3. The standard InChI is InChI=1S/C7H12O2/c1-5-3-9-4-6(2)7(5)8/h5-6H,3-4H2,1-2H3/i1D3. The summed E-state index contributed by atoms with van der Waals surface area (Å²) in [6.45, 7) is -0.114. The molecule has 2 atom stereocenters. The largest absolute Gasteiger partial charge is 0.380 e. The molecule has 1 aliphatic heterocycles. The van der Waals surface area contributed by atoms with Crippen molar-refractivity contribution >= 4 is 5.78 Å². The fraction of sp³-hybridized carbons (Fsp3) is 0.857. The molecular formula is C7H12O2. The van der Waals surface area contributed by atoms with Crippen LogP contribution in [0.4, 0.5) is 0 Å². The third-order valence-electron chi connectivity index (χ3n) is 1.48. The highest BCUT2D eigenvalue weighted by atomic mass is 16.5. The first kappa shape index (κ1) is 3.71. The van der Waals surface area contributed by atoms with Crippen LogP contribution >= 0.6 is 0 Å². The van der Waals surface area contributed by atoms with Crippen LogP contribution in [0.15, 0.2) is 0 Å². The van der Waals surface area contributed by atoms with Crippen LogP contribution in [0.25, 0.3) is 0 Å². The third-order valence-corrected chi connectivity index (χ3v) is 1.48. The molecule has 2 heteroatoms. The topological polar surface area (TPSA) is 26.3 Å². The molecule has 0 saturated carbocycles. The summed E-state index contributed by atoms with van der Waals surface area (Å²) >= 11 is 0. The van der Waals surface area contributed by atoms with Crippen LogP contribution in [-0.4, -0.2) is 19.0 Å². The number of ketones is 1. The van der Waals surface area contributed by atoms with E-state index >= 15 is 0 Å². The number of ether oxygens (including phenoxy) is 1. The summed E-state index contributed by atoms with van der Waals surface area (Å²) < 4.78 is 26.2. The van der Waals surface area contributed by atoms with Crippen molar-refractivity contribution in [2.75, 3.05) is 13.2 Å². The fourth-order valence-electron chi connectivity index (χ4n) is 0.870. The summed E-state index contributed by atoms with van der Waals surface area (Å²) in [7, 11) is 0. The molecule has 0 radical (unpaired) electrons. The van der Waals surface area contributed by atoms with Gasteiger partial charge in [-0.1, -0.05) is 13.8 Å². The lowest BCUT2D eigenvalue weighted by atomic mass is 9.95. The lowest BCUT2D eigenvalue weighted by molar-refractivity contribution is -0.135. The van der Waals surface area contributed by atoms with Crippen LogP contribution in [0.5, 0.6) is 0 Å². The Hall–Kier alpha value is -0.370. The van der Waals surface area contributed by atoms with Crippen molar-refractivity contribution in [3.63, 3.8) is 0 Å². The lowest BCUT2D eigenvalue weighted by Crippen LogP contribution is -2.32. The molecule has 0 bridgehead atoms. The number of rotatable bonds is 0. The van der Waals surface area contributed by atoms with E-state index in [1.165, 1.54) is 0 Å². The molecule has 0 amide bonds. The van der Waals surface area contributed by atoms with Gasteiger partial charge in [0, 0.05) is 15.9 Å². The van der Waals surface area contributed by atoms with Gasteiger partial charge >= 0.3 is 0 Å². The highest BCUT2D eigenvalue weighted by Crippen LogP contribution is 2.13.